The first kappa shape index (κ1) is 14.5. The fraction of sp³-hybridized carbons (Fsp3) is 0.200. The average molecular weight is 291 g/mol. The molecule has 0 spiro atoms. The van der Waals surface area contributed by atoms with Crippen LogP contribution in [0.25, 0.3) is 0 Å². The van der Waals surface area contributed by atoms with Crippen LogP contribution in [0.1, 0.15) is 16.7 Å². The second-order valence-corrected chi connectivity index (χ2v) is 5.03. The normalized spacial score (nSPS) is 10.5. The van der Waals surface area contributed by atoms with Crippen molar-refractivity contribution in [1.82, 2.24) is 5.32 Å². The van der Waals surface area contributed by atoms with Crippen molar-refractivity contribution in [2.45, 2.75) is 20.0 Å². The maximum Gasteiger partial charge on any atom is 0.269 e. The highest BCUT2D eigenvalue weighted by Gasteiger charge is 2.04. The molecular formula is C15H15ClN2O2. The SMILES string of the molecule is Cc1cc(Cl)ccc1CNCc1ccc([N+](=O)[O-])cc1. The lowest BCUT2D eigenvalue weighted by Gasteiger charge is -2.08. The van der Waals surface area contributed by atoms with Gasteiger partial charge >= 0.3 is 0 Å². The van der Waals surface area contributed by atoms with Crippen molar-refractivity contribution < 1.29 is 4.92 Å². The van der Waals surface area contributed by atoms with Gasteiger partial charge in [0.2, 0.25) is 0 Å². The fourth-order valence-electron chi connectivity index (χ4n) is 1.93. The molecule has 0 saturated heterocycles. The monoisotopic (exact) mass is 290 g/mol. The standard InChI is InChI=1S/C15H15ClN2O2/c1-11-8-14(16)5-4-13(11)10-17-9-12-2-6-15(7-3-12)18(19)20/h2-8,17H,9-10H2,1H3. The lowest BCUT2D eigenvalue weighted by molar-refractivity contribution is -0.384. The van der Waals surface area contributed by atoms with Crippen molar-refractivity contribution in [3.8, 4) is 0 Å². The minimum atomic E-state index is -0.395. The highest BCUT2D eigenvalue weighted by Crippen LogP contribution is 2.15. The van der Waals surface area contributed by atoms with E-state index in [1.165, 1.54) is 17.7 Å². The molecule has 0 unspecified atom stereocenters. The zero-order valence-corrected chi connectivity index (χ0v) is 11.9. The summed E-state index contributed by atoms with van der Waals surface area (Å²) in [5.74, 6) is 0. The number of non-ortho nitro benzene ring substituents is 1. The van der Waals surface area contributed by atoms with Crippen LogP contribution in [0.2, 0.25) is 5.02 Å². The summed E-state index contributed by atoms with van der Waals surface area (Å²) in [5, 5.41) is 14.6. The van der Waals surface area contributed by atoms with Gasteiger partial charge in [-0.2, -0.15) is 0 Å². The van der Waals surface area contributed by atoms with Crippen molar-refractivity contribution in [3.05, 3.63) is 74.3 Å². The molecule has 5 heteroatoms. The first-order chi connectivity index (χ1) is 9.56. The summed E-state index contributed by atoms with van der Waals surface area (Å²) in [4.78, 5) is 10.2. The number of rotatable bonds is 5. The summed E-state index contributed by atoms with van der Waals surface area (Å²) in [5.41, 5.74) is 3.47. The Morgan fingerprint density at radius 2 is 1.85 bits per heavy atom. The highest BCUT2D eigenvalue weighted by atomic mass is 35.5. The number of hydrogen-bond donors (Lipinski definition) is 1. The van der Waals surface area contributed by atoms with E-state index in [0.717, 1.165) is 22.7 Å². The topological polar surface area (TPSA) is 55.2 Å². The number of nitrogens with zero attached hydrogens (tertiary/aromatic N) is 1. The molecule has 0 fully saturated rings. The molecule has 2 aromatic rings. The number of hydrogen-bond acceptors (Lipinski definition) is 3. The molecule has 4 nitrogen and oxygen atoms in total. The van der Waals surface area contributed by atoms with Crippen molar-refractivity contribution in [2.24, 2.45) is 0 Å². The molecule has 2 rings (SSSR count). The van der Waals surface area contributed by atoms with E-state index in [1.807, 2.05) is 25.1 Å². The maximum atomic E-state index is 10.6. The predicted octanol–water partition coefficient (Wildman–Crippen LogP) is 3.85. The summed E-state index contributed by atoms with van der Waals surface area (Å²) in [6.45, 7) is 3.43. The van der Waals surface area contributed by atoms with Gasteiger partial charge in [-0.15, -0.1) is 0 Å². The van der Waals surface area contributed by atoms with Gasteiger partial charge in [-0.05, 0) is 35.7 Å². The number of nitro benzene ring substituents is 1. The van der Waals surface area contributed by atoms with Crippen LogP contribution >= 0.6 is 11.6 Å². The molecule has 104 valence electrons. The number of benzene rings is 2. The number of aryl methyl sites for hydroxylation is 1. The van der Waals surface area contributed by atoms with E-state index in [-0.39, 0.29) is 5.69 Å². The van der Waals surface area contributed by atoms with E-state index in [1.54, 1.807) is 12.1 Å². The van der Waals surface area contributed by atoms with Gasteiger partial charge < -0.3 is 5.32 Å². The van der Waals surface area contributed by atoms with E-state index in [2.05, 4.69) is 5.32 Å². The third-order valence-corrected chi connectivity index (χ3v) is 3.33. The molecule has 0 aliphatic carbocycles. The Hall–Kier alpha value is -1.91. The maximum absolute atomic E-state index is 10.6. The molecule has 0 aliphatic heterocycles. The second kappa shape index (κ2) is 6.50. The van der Waals surface area contributed by atoms with E-state index >= 15 is 0 Å². The Labute approximate surface area is 122 Å². The lowest BCUT2D eigenvalue weighted by Crippen LogP contribution is -2.13. The number of halogens is 1. The van der Waals surface area contributed by atoms with Crippen molar-refractivity contribution in [1.29, 1.82) is 0 Å². The third kappa shape index (κ3) is 3.79. The van der Waals surface area contributed by atoms with Crippen LogP contribution in [0.15, 0.2) is 42.5 Å². The molecule has 0 aromatic heterocycles. The Kier molecular flexibility index (Phi) is 4.71. The van der Waals surface area contributed by atoms with Crippen LogP contribution in [-0.4, -0.2) is 4.92 Å². The van der Waals surface area contributed by atoms with Crippen LogP contribution in [0.4, 0.5) is 5.69 Å². The highest BCUT2D eigenvalue weighted by molar-refractivity contribution is 6.30. The summed E-state index contributed by atoms with van der Waals surface area (Å²) in [7, 11) is 0. The Balaban J connectivity index is 1.91. The van der Waals surface area contributed by atoms with E-state index in [4.69, 9.17) is 11.6 Å². The van der Waals surface area contributed by atoms with Gasteiger partial charge in [0.1, 0.15) is 0 Å². The van der Waals surface area contributed by atoms with Crippen molar-refractivity contribution >= 4 is 17.3 Å². The minimum absolute atomic E-state index is 0.113. The molecular weight excluding hydrogens is 276 g/mol. The van der Waals surface area contributed by atoms with Gasteiger partial charge in [-0.1, -0.05) is 29.8 Å². The van der Waals surface area contributed by atoms with Crippen LogP contribution in [0, 0.1) is 17.0 Å². The van der Waals surface area contributed by atoms with Crippen LogP contribution in [0.3, 0.4) is 0 Å². The minimum Gasteiger partial charge on any atom is -0.309 e. The molecule has 0 heterocycles. The summed E-state index contributed by atoms with van der Waals surface area (Å²) < 4.78 is 0. The molecule has 0 amide bonds. The zero-order valence-electron chi connectivity index (χ0n) is 11.1. The quantitative estimate of drug-likeness (QED) is 0.672. The van der Waals surface area contributed by atoms with Gasteiger partial charge in [0.15, 0.2) is 0 Å². The van der Waals surface area contributed by atoms with Crippen molar-refractivity contribution in [2.75, 3.05) is 0 Å². The van der Waals surface area contributed by atoms with Gasteiger partial charge in [0, 0.05) is 30.2 Å². The molecule has 0 aliphatic rings. The summed E-state index contributed by atoms with van der Waals surface area (Å²) in [6.07, 6.45) is 0. The zero-order chi connectivity index (χ0) is 14.5. The van der Waals surface area contributed by atoms with E-state index in [9.17, 15) is 10.1 Å². The number of nitro groups is 1. The van der Waals surface area contributed by atoms with Gasteiger partial charge in [0.05, 0.1) is 4.92 Å². The van der Waals surface area contributed by atoms with Crippen LogP contribution in [-0.2, 0) is 13.1 Å². The predicted molar refractivity (Wildman–Crippen MR) is 79.8 cm³/mol. The molecule has 1 N–H and O–H groups in total. The lowest BCUT2D eigenvalue weighted by atomic mass is 10.1. The first-order valence-corrected chi connectivity index (χ1v) is 6.63. The largest absolute Gasteiger partial charge is 0.309 e. The number of nitrogens with one attached hydrogen (secondary N) is 1. The van der Waals surface area contributed by atoms with Gasteiger partial charge in [0.25, 0.3) is 5.69 Å². The molecule has 2 aromatic carbocycles. The third-order valence-electron chi connectivity index (χ3n) is 3.10. The van der Waals surface area contributed by atoms with E-state index in [0.29, 0.717) is 6.54 Å². The first-order valence-electron chi connectivity index (χ1n) is 6.25. The van der Waals surface area contributed by atoms with Gasteiger partial charge in [-0.25, -0.2) is 0 Å². The Morgan fingerprint density at radius 3 is 2.45 bits per heavy atom. The molecule has 0 radical (unpaired) electrons. The Morgan fingerprint density at radius 1 is 1.15 bits per heavy atom. The average Bonchev–Trinajstić information content (AvgIpc) is 2.42. The van der Waals surface area contributed by atoms with Crippen molar-refractivity contribution in [3.63, 3.8) is 0 Å². The smallest absolute Gasteiger partial charge is 0.269 e. The summed E-state index contributed by atoms with van der Waals surface area (Å²) in [6, 6.07) is 12.4. The molecule has 0 atom stereocenters. The van der Waals surface area contributed by atoms with E-state index < -0.39 is 4.92 Å². The fourth-order valence-corrected chi connectivity index (χ4v) is 2.16. The van der Waals surface area contributed by atoms with Gasteiger partial charge in [-0.3, -0.25) is 10.1 Å². The molecule has 20 heavy (non-hydrogen) atoms. The molecule has 0 saturated carbocycles. The Bertz CT molecular complexity index is 612. The van der Waals surface area contributed by atoms with Crippen LogP contribution < -0.4 is 5.32 Å². The second-order valence-electron chi connectivity index (χ2n) is 4.60. The molecule has 0 bridgehead atoms. The van der Waals surface area contributed by atoms with Crippen LogP contribution in [0.5, 0.6) is 0 Å². The summed E-state index contributed by atoms with van der Waals surface area (Å²) >= 11 is 5.91.